The topological polar surface area (TPSA) is 66.4 Å². The molecule has 0 spiro atoms. The Morgan fingerprint density at radius 3 is 2.22 bits per heavy atom. The van der Waals surface area contributed by atoms with E-state index >= 15 is 0 Å². The summed E-state index contributed by atoms with van der Waals surface area (Å²) in [7, 11) is -3.90. The number of fused-ring (bicyclic) bond motifs is 1. The van der Waals surface area contributed by atoms with Crippen LogP contribution in [-0.4, -0.2) is 56.4 Å². The van der Waals surface area contributed by atoms with E-state index in [1.165, 1.54) is 18.2 Å². The zero-order valence-corrected chi connectivity index (χ0v) is 26.4. The molecule has 0 amide bonds. The van der Waals surface area contributed by atoms with Gasteiger partial charge < -0.3 is 10.4 Å². The lowest BCUT2D eigenvalue weighted by atomic mass is 9.89. The highest BCUT2D eigenvalue weighted by molar-refractivity contribution is 7.91. The molecule has 1 atom stereocenters. The number of benzene rings is 2. The lowest BCUT2D eigenvalue weighted by Crippen LogP contribution is -2.36. The molecule has 2 aromatic carbocycles. The van der Waals surface area contributed by atoms with E-state index in [9.17, 15) is 48.6 Å². The average molecular weight is 684 g/mol. The van der Waals surface area contributed by atoms with E-state index in [-0.39, 0.29) is 18.7 Å². The first-order valence-electron chi connectivity index (χ1n) is 15.6. The molecule has 1 aliphatic carbocycles. The van der Waals surface area contributed by atoms with Crippen molar-refractivity contribution in [3.8, 4) is 5.75 Å². The van der Waals surface area contributed by atoms with Crippen molar-refractivity contribution in [2.75, 3.05) is 24.7 Å². The number of hydrogen-bond donors (Lipinski definition) is 2. The third-order valence-electron chi connectivity index (χ3n) is 8.34. The van der Waals surface area contributed by atoms with E-state index in [2.05, 4.69) is 5.32 Å². The molecule has 1 aliphatic rings. The molecule has 4 nitrogen and oxygen atoms in total. The van der Waals surface area contributed by atoms with Crippen molar-refractivity contribution in [1.82, 2.24) is 5.32 Å². The summed E-state index contributed by atoms with van der Waals surface area (Å²) in [5.41, 5.74) is 4.05. The molecule has 13 heteroatoms. The van der Waals surface area contributed by atoms with Gasteiger partial charge in [-0.2, -0.15) is 22.0 Å². The summed E-state index contributed by atoms with van der Waals surface area (Å²) in [6, 6.07) is 8.79. The number of phenolic OH excluding ortho intramolecular Hbond substituents is 1. The number of aromatic hydroxyl groups is 1. The zero-order valence-electron chi connectivity index (χ0n) is 25.6. The van der Waals surface area contributed by atoms with Crippen LogP contribution in [-0.2, 0) is 16.3 Å². The van der Waals surface area contributed by atoms with Crippen molar-refractivity contribution in [3.05, 3.63) is 64.7 Å². The summed E-state index contributed by atoms with van der Waals surface area (Å²) in [5.74, 6) is -7.59. The third kappa shape index (κ3) is 11.0. The van der Waals surface area contributed by atoms with Crippen LogP contribution in [0.4, 0.5) is 35.1 Å². The summed E-state index contributed by atoms with van der Waals surface area (Å²) in [5, 5.41) is 13.1. The van der Waals surface area contributed by atoms with Crippen LogP contribution < -0.4 is 5.32 Å². The number of alkyl halides is 6. The smallest absolute Gasteiger partial charge is 0.453 e. The number of hydrogen-bond acceptors (Lipinski definition) is 4. The number of sulfone groups is 1. The standard InChI is InChI=1S/C33H41F8NO3S/c34-19-16-25(17-22-46(44,45)21-6-18-32(37,38)33(39,40)41)42-20-4-2-1-3-7-27-26(23-10-12-24(35)13-11-23)8-5-9-29-28(27)14-15-30(43)31(29)36/h10-15,25,42-43H,1-9,16-22H2. The van der Waals surface area contributed by atoms with E-state index in [4.69, 9.17) is 0 Å². The van der Waals surface area contributed by atoms with Crippen molar-refractivity contribution in [3.63, 3.8) is 0 Å². The number of halogens is 8. The Labute approximate surface area is 265 Å². The minimum absolute atomic E-state index is 0.00770. The van der Waals surface area contributed by atoms with Crippen LogP contribution in [0, 0.1) is 11.6 Å². The number of allylic oxidation sites excluding steroid dienone is 2. The molecule has 258 valence electrons. The SMILES string of the molecule is O=S(=O)(CCCC(F)(F)C(F)(F)F)CCC(CCF)NCCCCCCC1=C(c2ccc(F)cc2)CCCc2c1ccc(O)c2F. The van der Waals surface area contributed by atoms with Crippen molar-refractivity contribution < 1.29 is 48.6 Å². The summed E-state index contributed by atoms with van der Waals surface area (Å²) < 4.78 is 129. The fourth-order valence-corrected chi connectivity index (χ4v) is 7.22. The van der Waals surface area contributed by atoms with Crippen LogP contribution in [0.1, 0.15) is 87.3 Å². The van der Waals surface area contributed by atoms with Crippen molar-refractivity contribution >= 4 is 21.0 Å². The lowest BCUT2D eigenvalue weighted by molar-refractivity contribution is -0.284. The zero-order chi connectivity index (χ0) is 34.0. The molecule has 0 radical (unpaired) electrons. The monoisotopic (exact) mass is 683 g/mol. The summed E-state index contributed by atoms with van der Waals surface area (Å²) in [6.45, 7) is -0.236. The van der Waals surface area contributed by atoms with Crippen molar-refractivity contribution in [2.45, 2.75) is 95.2 Å². The first kappa shape index (κ1) is 37.8. The van der Waals surface area contributed by atoms with Crippen molar-refractivity contribution in [2.24, 2.45) is 0 Å². The van der Waals surface area contributed by atoms with Gasteiger partial charge in [-0.15, -0.1) is 0 Å². The molecule has 3 rings (SSSR count). The molecular weight excluding hydrogens is 642 g/mol. The van der Waals surface area contributed by atoms with Gasteiger partial charge in [0.2, 0.25) is 0 Å². The molecule has 2 N–H and O–H groups in total. The van der Waals surface area contributed by atoms with Gasteiger partial charge in [0, 0.05) is 12.5 Å². The molecule has 0 aliphatic heterocycles. The number of rotatable bonds is 18. The Hall–Kier alpha value is -2.67. The maximum absolute atomic E-state index is 14.9. The first-order chi connectivity index (χ1) is 21.6. The largest absolute Gasteiger partial charge is 0.505 e. The third-order valence-corrected chi connectivity index (χ3v) is 10.1. The Morgan fingerprint density at radius 1 is 0.848 bits per heavy atom. The fourth-order valence-electron chi connectivity index (χ4n) is 5.79. The molecule has 0 fully saturated rings. The van der Waals surface area contributed by atoms with Gasteiger partial charge in [0.25, 0.3) is 0 Å². The molecule has 0 saturated carbocycles. The van der Waals surface area contributed by atoms with Gasteiger partial charge >= 0.3 is 12.1 Å². The predicted molar refractivity (Wildman–Crippen MR) is 163 cm³/mol. The summed E-state index contributed by atoms with van der Waals surface area (Å²) >= 11 is 0. The quantitative estimate of drug-likeness (QED) is 0.122. The average Bonchev–Trinajstić information content (AvgIpc) is 3.16. The molecule has 0 saturated heterocycles. The van der Waals surface area contributed by atoms with Crippen LogP contribution in [0.15, 0.2) is 36.4 Å². The number of unbranched alkanes of at least 4 members (excludes halogenated alkanes) is 3. The Kier molecular flexibility index (Phi) is 13.9. The summed E-state index contributed by atoms with van der Waals surface area (Å²) in [6.07, 6.45) is -2.63. The second kappa shape index (κ2) is 16.9. The van der Waals surface area contributed by atoms with Crippen molar-refractivity contribution in [1.29, 1.82) is 0 Å². The van der Waals surface area contributed by atoms with Crippen LogP contribution in [0.25, 0.3) is 11.1 Å². The highest BCUT2D eigenvalue weighted by Gasteiger charge is 2.56. The highest BCUT2D eigenvalue weighted by Crippen LogP contribution is 2.41. The van der Waals surface area contributed by atoms with Gasteiger partial charge in [-0.3, -0.25) is 4.39 Å². The Bertz CT molecular complexity index is 1410. The molecule has 46 heavy (non-hydrogen) atoms. The van der Waals surface area contributed by atoms with Gasteiger partial charge in [0.05, 0.1) is 18.2 Å². The molecule has 0 bridgehead atoms. The van der Waals surface area contributed by atoms with Crippen LogP contribution in [0.3, 0.4) is 0 Å². The van der Waals surface area contributed by atoms with Gasteiger partial charge in [0.1, 0.15) is 15.7 Å². The molecule has 0 heterocycles. The van der Waals surface area contributed by atoms with E-state index in [0.29, 0.717) is 44.2 Å². The number of nitrogens with one attached hydrogen (secondary N) is 1. The number of phenols is 1. The maximum Gasteiger partial charge on any atom is 0.453 e. The highest BCUT2D eigenvalue weighted by atomic mass is 32.2. The molecular formula is C33H41F8NO3S. The minimum Gasteiger partial charge on any atom is -0.505 e. The lowest BCUT2D eigenvalue weighted by Gasteiger charge is -2.20. The second-order valence-electron chi connectivity index (χ2n) is 11.8. The van der Waals surface area contributed by atoms with Crippen LogP contribution in [0.5, 0.6) is 5.75 Å². The van der Waals surface area contributed by atoms with E-state index in [1.54, 1.807) is 18.2 Å². The van der Waals surface area contributed by atoms with E-state index in [0.717, 1.165) is 41.5 Å². The minimum atomic E-state index is -5.73. The molecule has 2 aromatic rings. The Balaban J connectivity index is 1.50. The van der Waals surface area contributed by atoms with Crippen LogP contribution >= 0.6 is 0 Å². The predicted octanol–water partition coefficient (Wildman–Crippen LogP) is 8.97. The Morgan fingerprint density at radius 2 is 1.54 bits per heavy atom. The molecule has 0 aromatic heterocycles. The van der Waals surface area contributed by atoms with Crippen LogP contribution in [0.2, 0.25) is 0 Å². The first-order valence-corrected chi connectivity index (χ1v) is 17.4. The van der Waals surface area contributed by atoms with Gasteiger partial charge in [-0.1, -0.05) is 31.0 Å². The maximum atomic E-state index is 14.9. The van der Waals surface area contributed by atoms with Gasteiger partial charge in [-0.05, 0) is 110 Å². The normalized spacial score (nSPS) is 15.1. The van der Waals surface area contributed by atoms with Gasteiger partial charge in [-0.25, -0.2) is 17.2 Å². The van der Waals surface area contributed by atoms with E-state index < -0.39 is 70.6 Å². The van der Waals surface area contributed by atoms with E-state index in [1.807, 2.05) is 0 Å². The fraction of sp³-hybridized carbons (Fsp3) is 0.576. The molecule has 1 unspecified atom stereocenters. The second-order valence-corrected chi connectivity index (χ2v) is 14.1. The summed E-state index contributed by atoms with van der Waals surface area (Å²) in [4.78, 5) is 0. The van der Waals surface area contributed by atoms with Gasteiger partial charge in [0.15, 0.2) is 11.6 Å².